The molecule has 27 heavy (non-hydrogen) atoms. The third kappa shape index (κ3) is 4.42. The van der Waals surface area contributed by atoms with Crippen molar-refractivity contribution in [2.45, 2.75) is 0 Å². The van der Waals surface area contributed by atoms with E-state index < -0.39 is 11.7 Å². The standard InChI is InChI=1S/C19H10BrClFN3O2/c20-15-5-2-12(8-16(15)21)18-6-3-13(27-18)10-24-25-19(26)14-4-1-11(9-23)7-17(14)22/h1-8,10H,(H,25,26)/b24-10-. The fourth-order valence-electron chi connectivity index (χ4n) is 2.21. The van der Waals surface area contributed by atoms with Crippen molar-refractivity contribution in [2.24, 2.45) is 5.10 Å². The fraction of sp³-hybridized carbons (Fsp3) is 0. The molecule has 1 aromatic heterocycles. The van der Waals surface area contributed by atoms with Crippen LogP contribution in [0.25, 0.3) is 11.3 Å². The highest BCUT2D eigenvalue weighted by atomic mass is 79.9. The van der Waals surface area contributed by atoms with Crippen molar-refractivity contribution in [3.8, 4) is 17.4 Å². The Morgan fingerprint density at radius 1 is 1.26 bits per heavy atom. The number of benzene rings is 2. The van der Waals surface area contributed by atoms with E-state index in [1.807, 2.05) is 6.07 Å². The second kappa shape index (κ2) is 8.16. The molecule has 3 aromatic rings. The molecule has 134 valence electrons. The van der Waals surface area contributed by atoms with Crippen LogP contribution in [0.5, 0.6) is 0 Å². The molecule has 0 aliphatic rings. The molecular weight excluding hydrogens is 437 g/mol. The van der Waals surface area contributed by atoms with Gasteiger partial charge in [0.05, 0.1) is 28.4 Å². The lowest BCUT2D eigenvalue weighted by Gasteiger charge is -2.01. The molecule has 0 fully saturated rings. The largest absolute Gasteiger partial charge is 0.455 e. The zero-order chi connectivity index (χ0) is 19.4. The second-order valence-corrected chi connectivity index (χ2v) is 6.60. The summed E-state index contributed by atoms with van der Waals surface area (Å²) in [6.45, 7) is 0. The van der Waals surface area contributed by atoms with Crippen molar-refractivity contribution in [3.05, 3.63) is 80.7 Å². The van der Waals surface area contributed by atoms with E-state index >= 15 is 0 Å². The average molecular weight is 447 g/mol. The van der Waals surface area contributed by atoms with Crippen molar-refractivity contribution in [1.82, 2.24) is 5.43 Å². The van der Waals surface area contributed by atoms with Crippen LogP contribution in [0.15, 0.2) is 62.5 Å². The lowest BCUT2D eigenvalue weighted by Crippen LogP contribution is -2.19. The molecule has 3 rings (SSSR count). The summed E-state index contributed by atoms with van der Waals surface area (Å²) in [6.07, 6.45) is 1.30. The van der Waals surface area contributed by atoms with Crippen molar-refractivity contribution < 1.29 is 13.6 Å². The highest BCUT2D eigenvalue weighted by Gasteiger charge is 2.11. The van der Waals surface area contributed by atoms with Gasteiger partial charge in [-0.15, -0.1) is 0 Å². The van der Waals surface area contributed by atoms with Gasteiger partial charge in [0, 0.05) is 10.0 Å². The van der Waals surface area contributed by atoms with Gasteiger partial charge in [-0.05, 0) is 58.4 Å². The van der Waals surface area contributed by atoms with Crippen LogP contribution in [-0.2, 0) is 0 Å². The summed E-state index contributed by atoms with van der Waals surface area (Å²) in [6, 6.07) is 14.2. The molecule has 1 N–H and O–H groups in total. The Bertz CT molecular complexity index is 1090. The number of hydrogen-bond donors (Lipinski definition) is 1. The van der Waals surface area contributed by atoms with Crippen LogP contribution in [0.2, 0.25) is 5.02 Å². The minimum atomic E-state index is -0.797. The maximum absolute atomic E-state index is 13.8. The highest BCUT2D eigenvalue weighted by Crippen LogP contribution is 2.29. The Morgan fingerprint density at radius 2 is 2.07 bits per heavy atom. The predicted octanol–water partition coefficient (Wildman–Crippen LogP) is 5.14. The normalized spacial score (nSPS) is 10.7. The quantitative estimate of drug-likeness (QED) is 0.445. The number of hydrazone groups is 1. The number of nitriles is 1. The first-order valence-electron chi connectivity index (χ1n) is 7.56. The van der Waals surface area contributed by atoms with Gasteiger partial charge in [0.25, 0.3) is 5.91 Å². The van der Waals surface area contributed by atoms with Gasteiger partial charge >= 0.3 is 0 Å². The van der Waals surface area contributed by atoms with Gasteiger partial charge in [0.2, 0.25) is 0 Å². The number of nitrogens with one attached hydrogen (secondary N) is 1. The van der Waals surface area contributed by atoms with Gasteiger partial charge < -0.3 is 4.42 Å². The molecule has 0 aliphatic carbocycles. The lowest BCUT2D eigenvalue weighted by molar-refractivity contribution is 0.0951. The Balaban J connectivity index is 1.68. The molecule has 5 nitrogen and oxygen atoms in total. The summed E-state index contributed by atoms with van der Waals surface area (Å²) in [7, 11) is 0. The Morgan fingerprint density at radius 3 is 2.78 bits per heavy atom. The summed E-state index contributed by atoms with van der Waals surface area (Å²) < 4.78 is 20.2. The Kier molecular flexibility index (Phi) is 5.69. The molecule has 0 radical (unpaired) electrons. The van der Waals surface area contributed by atoms with E-state index in [1.165, 1.54) is 18.3 Å². The number of amides is 1. The van der Waals surface area contributed by atoms with E-state index in [2.05, 4.69) is 26.5 Å². The van der Waals surface area contributed by atoms with Crippen molar-refractivity contribution >= 4 is 39.7 Å². The molecule has 0 unspecified atom stereocenters. The van der Waals surface area contributed by atoms with Crippen molar-refractivity contribution in [1.29, 1.82) is 5.26 Å². The molecule has 0 saturated heterocycles. The Hall–Kier alpha value is -2.95. The number of carbonyl (C=O) groups excluding carboxylic acids is 1. The number of nitrogens with zero attached hydrogens (tertiary/aromatic N) is 2. The van der Waals surface area contributed by atoms with Crippen LogP contribution in [0.4, 0.5) is 4.39 Å². The first kappa shape index (κ1) is 18.8. The molecule has 8 heteroatoms. The van der Waals surface area contributed by atoms with Crippen molar-refractivity contribution in [2.75, 3.05) is 0 Å². The van der Waals surface area contributed by atoms with Gasteiger partial charge in [0.1, 0.15) is 17.3 Å². The molecule has 0 spiro atoms. The monoisotopic (exact) mass is 445 g/mol. The van der Waals surface area contributed by atoms with E-state index in [0.717, 1.165) is 16.1 Å². The maximum atomic E-state index is 13.8. The van der Waals surface area contributed by atoms with Crippen LogP contribution in [-0.4, -0.2) is 12.1 Å². The topological polar surface area (TPSA) is 78.4 Å². The summed E-state index contributed by atoms with van der Waals surface area (Å²) in [5, 5.41) is 13.0. The summed E-state index contributed by atoms with van der Waals surface area (Å²) >= 11 is 9.39. The first-order chi connectivity index (χ1) is 13.0. The minimum absolute atomic E-state index is 0.128. The smallest absolute Gasteiger partial charge is 0.274 e. The average Bonchev–Trinajstić information content (AvgIpc) is 3.12. The van der Waals surface area contributed by atoms with Gasteiger partial charge in [-0.25, -0.2) is 9.82 Å². The molecule has 1 amide bonds. The van der Waals surface area contributed by atoms with Crippen LogP contribution < -0.4 is 5.43 Å². The Labute approximate surface area is 167 Å². The number of halogens is 3. The van der Waals surface area contributed by atoms with E-state index in [0.29, 0.717) is 16.5 Å². The third-order valence-electron chi connectivity index (χ3n) is 3.53. The van der Waals surface area contributed by atoms with Gasteiger partial charge in [-0.3, -0.25) is 4.79 Å². The molecule has 2 aromatic carbocycles. The zero-order valence-corrected chi connectivity index (χ0v) is 15.9. The fourth-order valence-corrected chi connectivity index (χ4v) is 2.64. The van der Waals surface area contributed by atoms with E-state index in [9.17, 15) is 9.18 Å². The lowest BCUT2D eigenvalue weighted by atomic mass is 10.1. The molecule has 0 saturated carbocycles. The number of carbonyl (C=O) groups is 1. The SMILES string of the molecule is N#Cc1ccc(C(=O)N/N=C\c2ccc(-c3ccc(Br)c(Cl)c3)o2)c(F)c1. The first-order valence-corrected chi connectivity index (χ1v) is 8.73. The summed E-state index contributed by atoms with van der Waals surface area (Å²) in [4.78, 5) is 12.0. The molecule has 0 bridgehead atoms. The van der Waals surface area contributed by atoms with E-state index in [4.69, 9.17) is 21.3 Å². The molecular formula is C19H10BrClFN3O2. The maximum Gasteiger partial charge on any atom is 0.274 e. The molecule has 0 atom stereocenters. The zero-order valence-electron chi connectivity index (χ0n) is 13.5. The minimum Gasteiger partial charge on any atom is -0.455 e. The number of rotatable bonds is 4. The number of hydrogen-bond acceptors (Lipinski definition) is 4. The third-order valence-corrected chi connectivity index (χ3v) is 4.76. The van der Waals surface area contributed by atoms with Crippen LogP contribution in [0, 0.1) is 17.1 Å². The van der Waals surface area contributed by atoms with Gasteiger partial charge in [-0.1, -0.05) is 17.7 Å². The van der Waals surface area contributed by atoms with Gasteiger partial charge in [-0.2, -0.15) is 10.4 Å². The van der Waals surface area contributed by atoms with Crippen molar-refractivity contribution in [3.63, 3.8) is 0 Å². The predicted molar refractivity (Wildman–Crippen MR) is 103 cm³/mol. The second-order valence-electron chi connectivity index (χ2n) is 5.34. The summed E-state index contributed by atoms with van der Waals surface area (Å²) in [5.74, 6) is -0.561. The molecule has 0 aliphatic heterocycles. The van der Waals surface area contributed by atoms with Gasteiger partial charge in [0.15, 0.2) is 0 Å². The highest BCUT2D eigenvalue weighted by molar-refractivity contribution is 9.10. The number of furan rings is 1. The summed E-state index contributed by atoms with van der Waals surface area (Å²) in [5.41, 5.74) is 2.91. The molecule has 1 heterocycles. The van der Waals surface area contributed by atoms with E-state index in [-0.39, 0.29) is 11.1 Å². The van der Waals surface area contributed by atoms with Crippen LogP contribution in [0.3, 0.4) is 0 Å². The van der Waals surface area contributed by atoms with Crippen LogP contribution >= 0.6 is 27.5 Å². The van der Waals surface area contributed by atoms with E-state index in [1.54, 1.807) is 30.3 Å². The van der Waals surface area contributed by atoms with Crippen LogP contribution in [0.1, 0.15) is 21.7 Å².